The van der Waals surface area contributed by atoms with E-state index in [1.807, 2.05) is 24.3 Å². The van der Waals surface area contributed by atoms with Crippen molar-refractivity contribution in [3.05, 3.63) is 54.6 Å². The number of fused-ring (bicyclic) bond motifs is 1. The predicted octanol–water partition coefficient (Wildman–Crippen LogP) is 1.74. The second-order valence-electron chi connectivity index (χ2n) is 3.64. The number of hydrogen-bond donors (Lipinski definition) is 1. The quantitative estimate of drug-likeness (QED) is 0.737. The minimum absolute atomic E-state index is 0.738. The van der Waals surface area contributed by atoms with Gasteiger partial charge >= 0.3 is 0 Å². The fraction of sp³-hybridized carbons (Fsp3) is 0.0833. The summed E-state index contributed by atoms with van der Waals surface area (Å²) in [5, 5.41) is 7.53. The van der Waals surface area contributed by atoms with E-state index in [-0.39, 0.29) is 0 Å². The second kappa shape index (κ2) is 4.21. The number of nitrogens with one attached hydrogen (secondary N) is 1. The summed E-state index contributed by atoms with van der Waals surface area (Å²) in [5.41, 5.74) is 2.02. The highest BCUT2D eigenvalue weighted by molar-refractivity contribution is 5.46. The molecule has 3 aromatic rings. The Morgan fingerprint density at radius 2 is 1.88 bits per heavy atom. The first-order valence-electron chi connectivity index (χ1n) is 5.35. The molecular weight excluding hydrogens is 214 g/mol. The summed E-state index contributed by atoms with van der Waals surface area (Å²) in [6, 6.07) is 7.74. The Hall–Kier alpha value is -2.43. The molecule has 3 heterocycles. The standard InChI is InChI=1S/C12H11N5/c1-5-13-6-2-10(1)9-15-12-3-7-14-11-4-8-16-17(11)12/h1-8,15H,9H2. The molecule has 3 aromatic heterocycles. The topological polar surface area (TPSA) is 55.1 Å². The molecule has 0 amide bonds. The van der Waals surface area contributed by atoms with Gasteiger partial charge in [0, 0.05) is 31.2 Å². The van der Waals surface area contributed by atoms with E-state index < -0.39 is 0 Å². The highest BCUT2D eigenvalue weighted by Crippen LogP contribution is 2.09. The third-order valence-corrected chi connectivity index (χ3v) is 2.51. The molecule has 84 valence electrons. The fourth-order valence-electron chi connectivity index (χ4n) is 1.66. The molecule has 3 rings (SSSR count). The van der Waals surface area contributed by atoms with Crippen molar-refractivity contribution in [2.75, 3.05) is 5.32 Å². The van der Waals surface area contributed by atoms with E-state index in [9.17, 15) is 0 Å². The highest BCUT2D eigenvalue weighted by Gasteiger charge is 2.00. The third kappa shape index (κ3) is 1.94. The van der Waals surface area contributed by atoms with Crippen LogP contribution in [0.15, 0.2) is 49.1 Å². The average molecular weight is 225 g/mol. The summed E-state index contributed by atoms with van der Waals surface area (Å²) in [6.07, 6.45) is 7.08. The van der Waals surface area contributed by atoms with Crippen LogP contribution in [0, 0.1) is 0 Å². The maximum Gasteiger partial charge on any atom is 0.157 e. The third-order valence-electron chi connectivity index (χ3n) is 2.51. The van der Waals surface area contributed by atoms with E-state index in [1.54, 1.807) is 29.3 Å². The summed E-state index contributed by atoms with van der Waals surface area (Å²) in [4.78, 5) is 8.19. The number of nitrogens with zero attached hydrogens (tertiary/aromatic N) is 4. The molecule has 0 aromatic carbocycles. The van der Waals surface area contributed by atoms with Crippen LogP contribution in [0.1, 0.15) is 5.56 Å². The van der Waals surface area contributed by atoms with Crippen molar-refractivity contribution in [2.45, 2.75) is 6.54 Å². The van der Waals surface area contributed by atoms with Crippen LogP contribution in [0.2, 0.25) is 0 Å². The largest absolute Gasteiger partial charge is 0.366 e. The van der Waals surface area contributed by atoms with Crippen LogP contribution in [0.3, 0.4) is 0 Å². The van der Waals surface area contributed by atoms with Gasteiger partial charge in [0.15, 0.2) is 5.65 Å². The Morgan fingerprint density at radius 1 is 1.00 bits per heavy atom. The van der Waals surface area contributed by atoms with E-state index in [1.165, 1.54) is 5.56 Å². The lowest BCUT2D eigenvalue weighted by Gasteiger charge is -2.07. The van der Waals surface area contributed by atoms with E-state index in [4.69, 9.17) is 0 Å². The van der Waals surface area contributed by atoms with Gasteiger partial charge in [0.05, 0.1) is 6.20 Å². The molecule has 0 saturated heterocycles. The van der Waals surface area contributed by atoms with Gasteiger partial charge in [-0.3, -0.25) is 4.98 Å². The number of aromatic nitrogens is 4. The van der Waals surface area contributed by atoms with Crippen LogP contribution in [0.25, 0.3) is 5.65 Å². The van der Waals surface area contributed by atoms with Crippen molar-refractivity contribution in [1.29, 1.82) is 0 Å². The first-order chi connectivity index (χ1) is 8.43. The van der Waals surface area contributed by atoms with Crippen molar-refractivity contribution in [3.8, 4) is 0 Å². The molecule has 0 bridgehead atoms. The molecule has 0 aliphatic heterocycles. The van der Waals surface area contributed by atoms with E-state index >= 15 is 0 Å². The Bertz CT molecular complexity index is 617. The van der Waals surface area contributed by atoms with Crippen molar-refractivity contribution in [2.24, 2.45) is 0 Å². The van der Waals surface area contributed by atoms with Crippen LogP contribution >= 0.6 is 0 Å². The molecule has 0 unspecified atom stereocenters. The van der Waals surface area contributed by atoms with Crippen molar-refractivity contribution in [3.63, 3.8) is 0 Å². The molecule has 0 aliphatic carbocycles. The first kappa shape index (κ1) is 9.77. The van der Waals surface area contributed by atoms with Gasteiger partial charge in [-0.25, -0.2) is 4.98 Å². The Balaban J connectivity index is 1.84. The Morgan fingerprint density at radius 3 is 2.76 bits per heavy atom. The second-order valence-corrected chi connectivity index (χ2v) is 3.64. The van der Waals surface area contributed by atoms with Gasteiger partial charge in [-0.15, -0.1) is 0 Å². The number of hydrogen-bond acceptors (Lipinski definition) is 4. The fourth-order valence-corrected chi connectivity index (χ4v) is 1.66. The molecular formula is C12H11N5. The SMILES string of the molecule is c1cc(CNc2ccnc3ccnn23)ccn1. The zero-order valence-corrected chi connectivity index (χ0v) is 9.11. The smallest absolute Gasteiger partial charge is 0.157 e. The molecule has 5 heteroatoms. The van der Waals surface area contributed by atoms with Gasteiger partial charge in [-0.1, -0.05) is 0 Å². The number of pyridine rings is 1. The number of anilines is 1. The van der Waals surface area contributed by atoms with Crippen molar-refractivity contribution < 1.29 is 0 Å². The zero-order valence-electron chi connectivity index (χ0n) is 9.11. The molecule has 0 fully saturated rings. The average Bonchev–Trinajstić information content (AvgIpc) is 2.86. The van der Waals surface area contributed by atoms with Gasteiger partial charge in [-0.2, -0.15) is 9.61 Å². The van der Waals surface area contributed by atoms with E-state index in [2.05, 4.69) is 20.4 Å². The van der Waals surface area contributed by atoms with Crippen LogP contribution < -0.4 is 5.32 Å². The van der Waals surface area contributed by atoms with E-state index in [0.717, 1.165) is 18.0 Å². The summed E-state index contributed by atoms with van der Waals surface area (Å²) in [7, 11) is 0. The predicted molar refractivity (Wildman–Crippen MR) is 64.6 cm³/mol. The van der Waals surface area contributed by atoms with Gasteiger partial charge in [0.2, 0.25) is 0 Å². The normalized spacial score (nSPS) is 10.6. The summed E-state index contributed by atoms with van der Waals surface area (Å²) < 4.78 is 1.78. The zero-order chi connectivity index (χ0) is 11.5. The molecule has 0 saturated carbocycles. The maximum absolute atomic E-state index is 4.21. The molecule has 1 N–H and O–H groups in total. The van der Waals surface area contributed by atoms with Crippen LogP contribution in [0.5, 0.6) is 0 Å². The minimum atomic E-state index is 0.738. The van der Waals surface area contributed by atoms with Gasteiger partial charge in [0.25, 0.3) is 0 Å². The van der Waals surface area contributed by atoms with Crippen molar-refractivity contribution >= 4 is 11.5 Å². The van der Waals surface area contributed by atoms with Crippen LogP contribution in [-0.4, -0.2) is 19.6 Å². The van der Waals surface area contributed by atoms with Crippen LogP contribution in [-0.2, 0) is 6.54 Å². The monoisotopic (exact) mass is 225 g/mol. The highest BCUT2D eigenvalue weighted by atomic mass is 15.3. The molecule has 0 atom stereocenters. The maximum atomic E-state index is 4.21. The lowest BCUT2D eigenvalue weighted by molar-refractivity contribution is 0.925. The molecule has 0 radical (unpaired) electrons. The van der Waals surface area contributed by atoms with Gasteiger partial charge < -0.3 is 5.32 Å². The Kier molecular flexibility index (Phi) is 2.42. The van der Waals surface area contributed by atoms with Gasteiger partial charge in [0.1, 0.15) is 5.82 Å². The van der Waals surface area contributed by atoms with Crippen molar-refractivity contribution in [1.82, 2.24) is 19.6 Å². The molecule has 17 heavy (non-hydrogen) atoms. The number of rotatable bonds is 3. The van der Waals surface area contributed by atoms with E-state index in [0.29, 0.717) is 0 Å². The summed E-state index contributed by atoms with van der Waals surface area (Å²) >= 11 is 0. The first-order valence-corrected chi connectivity index (χ1v) is 5.35. The van der Waals surface area contributed by atoms with Crippen LogP contribution in [0.4, 0.5) is 5.82 Å². The van der Waals surface area contributed by atoms with Gasteiger partial charge in [-0.05, 0) is 23.8 Å². The molecule has 0 aliphatic rings. The lowest BCUT2D eigenvalue weighted by atomic mass is 10.3. The molecule has 0 spiro atoms. The summed E-state index contributed by atoms with van der Waals surface area (Å²) in [5.74, 6) is 0.928. The Labute approximate surface area is 98.1 Å². The lowest BCUT2D eigenvalue weighted by Crippen LogP contribution is -2.05. The minimum Gasteiger partial charge on any atom is -0.366 e. The summed E-state index contributed by atoms with van der Waals surface area (Å²) in [6.45, 7) is 0.738. The molecule has 5 nitrogen and oxygen atoms in total.